The van der Waals surface area contributed by atoms with E-state index in [0.717, 1.165) is 48.5 Å². The van der Waals surface area contributed by atoms with Crippen molar-refractivity contribution in [2.45, 2.75) is 38.5 Å². The Balaban J connectivity index is 2.07. The molecule has 4 heteroatoms. The maximum absolute atomic E-state index is 14.6. The molecule has 0 aliphatic heterocycles. The molecule has 1 fully saturated rings. The zero-order chi connectivity index (χ0) is 19.2. The molecule has 2 aromatic rings. The van der Waals surface area contributed by atoms with Crippen LogP contribution in [-0.2, 0) is 4.79 Å². The Bertz CT molecular complexity index is 869. The van der Waals surface area contributed by atoms with Crippen molar-refractivity contribution in [3.63, 3.8) is 0 Å². The van der Waals surface area contributed by atoms with Crippen molar-refractivity contribution in [1.29, 1.82) is 0 Å². The van der Waals surface area contributed by atoms with E-state index in [-0.39, 0.29) is 11.3 Å². The Hall–Kier alpha value is -2.88. The molecule has 1 aliphatic rings. The number of aromatic hydroxyl groups is 1. The molecule has 2 aromatic carbocycles. The first-order valence-electron chi connectivity index (χ1n) is 9.27. The first kappa shape index (κ1) is 18.9. The second-order valence-corrected chi connectivity index (χ2v) is 6.85. The van der Waals surface area contributed by atoms with Gasteiger partial charge in [-0.15, -0.1) is 0 Å². The third-order valence-electron chi connectivity index (χ3n) is 4.91. The molecule has 0 aromatic heterocycles. The van der Waals surface area contributed by atoms with Crippen molar-refractivity contribution in [3.8, 4) is 5.75 Å². The summed E-state index contributed by atoms with van der Waals surface area (Å²) in [6.07, 6.45) is 8.83. The quantitative estimate of drug-likeness (QED) is 0.532. The summed E-state index contributed by atoms with van der Waals surface area (Å²) in [5.41, 5.74) is 4.31. The maximum atomic E-state index is 14.6. The summed E-state index contributed by atoms with van der Waals surface area (Å²) in [6.45, 7) is 0. The highest BCUT2D eigenvalue weighted by molar-refractivity contribution is 5.86. The molecule has 0 bridgehead atoms. The van der Waals surface area contributed by atoms with Crippen LogP contribution in [0.1, 0.15) is 55.2 Å². The predicted molar refractivity (Wildman–Crippen MR) is 105 cm³/mol. The molecular weight excluding hydrogens is 343 g/mol. The van der Waals surface area contributed by atoms with Crippen molar-refractivity contribution in [1.82, 2.24) is 0 Å². The number of rotatable bonds is 4. The normalized spacial score (nSPS) is 14.9. The summed E-state index contributed by atoms with van der Waals surface area (Å²) >= 11 is 0. The fourth-order valence-electron chi connectivity index (χ4n) is 3.59. The number of carbonyl (C=O) groups is 1. The Morgan fingerprint density at radius 3 is 2.15 bits per heavy atom. The van der Waals surface area contributed by atoms with E-state index in [9.17, 15) is 14.3 Å². The smallest absolute Gasteiger partial charge is 0.328 e. The molecule has 3 rings (SSSR count). The van der Waals surface area contributed by atoms with Gasteiger partial charge in [0.2, 0.25) is 0 Å². The molecule has 3 nitrogen and oxygen atoms in total. The number of aliphatic carboxylic acids is 1. The van der Waals surface area contributed by atoms with Crippen molar-refractivity contribution in [2.24, 2.45) is 0 Å². The fourth-order valence-corrected chi connectivity index (χ4v) is 3.59. The topological polar surface area (TPSA) is 57.5 Å². The van der Waals surface area contributed by atoms with E-state index in [1.54, 1.807) is 18.2 Å². The molecule has 1 saturated carbocycles. The monoisotopic (exact) mass is 366 g/mol. The molecule has 2 N–H and O–H groups in total. The van der Waals surface area contributed by atoms with Gasteiger partial charge >= 0.3 is 5.97 Å². The number of hydrogen-bond acceptors (Lipinski definition) is 2. The van der Waals surface area contributed by atoms with E-state index in [4.69, 9.17) is 5.11 Å². The summed E-state index contributed by atoms with van der Waals surface area (Å²) < 4.78 is 14.6. The summed E-state index contributed by atoms with van der Waals surface area (Å²) in [6, 6.07) is 11.9. The van der Waals surface area contributed by atoms with Gasteiger partial charge in [0, 0.05) is 11.6 Å². The van der Waals surface area contributed by atoms with Crippen LogP contribution in [0.4, 0.5) is 4.39 Å². The molecule has 0 unspecified atom stereocenters. The van der Waals surface area contributed by atoms with Crippen LogP contribution in [0.25, 0.3) is 11.6 Å². The van der Waals surface area contributed by atoms with E-state index < -0.39 is 11.8 Å². The number of carboxylic acid groups (broad SMARTS) is 1. The minimum Gasteiger partial charge on any atom is -0.508 e. The van der Waals surface area contributed by atoms with E-state index in [0.29, 0.717) is 0 Å². The van der Waals surface area contributed by atoms with Gasteiger partial charge in [-0.2, -0.15) is 0 Å². The lowest BCUT2D eigenvalue weighted by molar-refractivity contribution is -0.131. The van der Waals surface area contributed by atoms with E-state index in [2.05, 4.69) is 0 Å². The summed E-state index contributed by atoms with van der Waals surface area (Å²) in [5, 5.41) is 18.4. The highest BCUT2D eigenvalue weighted by atomic mass is 19.1. The lowest BCUT2D eigenvalue weighted by Crippen LogP contribution is -1.97. The van der Waals surface area contributed by atoms with E-state index in [1.807, 2.05) is 18.2 Å². The second-order valence-electron chi connectivity index (χ2n) is 6.85. The van der Waals surface area contributed by atoms with Crippen LogP contribution in [0.3, 0.4) is 0 Å². The summed E-state index contributed by atoms with van der Waals surface area (Å²) in [5.74, 6) is -1.36. The highest BCUT2D eigenvalue weighted by Crippen LogP contribution is 2.35. The van der Waals surface area contributed by atoms with Crippen LogP contribution in [0.15, 0.2) is 54.1 Å². The van der Waals surface area contributed by atoms with Crippen LogP contribution in [0.2, 0.25) is 0 Å². The minimum atomic E-state index is -1.11. The molecule has 0 radical (unpaired) electrons. The second kappa shape index (κ2) is 8.67. The molecule has 1 aliphatic carbocycles. The Morgan fingerprint density at radius 1 is 0.926 bits per heavy atom. The van der Waals surface area contributed by atoms with Crippen molar-refractivity contribution in [2.75, 3.05) is 0 Å². The molecule has 0 spiro atoms. The van der Waals surface area contributed by atoms with Crippen molar-refractivity contribution < 1.29 is 19.4 Å². The van der Waals surface area contributed by atoms with Gasteiger partial charge in [-0.05, 0) is 66.7 Å². The zero-order valence-corrected chi connectivity index (χ0v) is 15.1. The third-order valence-corrected chi connectivity index (χ3v) is 4.91. The Kier molecular flexibility index (Phi) is 6.07. The van der Waals surface area contributed by atoms with Gasteiger partial charge in [0.1, 0.15) is 11.6 Å². The molecule has 0 amide bonds. The molecular formula is C23H23FO3. The number of allylic oxidation sites excluding steroid dienone is 1. The predicted octanol–water partition coefficient (Wildman–Crippen LogP) is 5.79. The minimum absolute atomic E-state index is 0.198. The van der Waals surface area contributed by atoms with Gasteiger partial charge in [0.25, 0.3) is 0 Å². The number of halogens is 1. The third kappa shape index (κ3) is 4.85. The average Bonchev–Trinajstić information content (AvgIpc) is 2.92. The van der Waals surface area contributed by atoms with E-state index >= 15 is 0 Å². The number of benzene rings is 2. The molecule has 0 atom stereocenters. The van der Waals surface area contributed by atoms with Gasteiger partial charge in [-0.1, -0.05) is 42.7 Å². The average molecular weight is 366 g/mol. The lowest BCUT2D eigenvalue weighted by Gasteiger charge is -2.16. The standard InChI is InChI=1S/C23H23FO3/c24-21-15-19(8-7-16(21)11-14-22(26)27)23(17-5-3-1-2-4-6-17)18-9-12-20(25)13-10-18/h7-15,25H,1-6H2,(H,26,27)/b14-11+. The Morgan fingerprint density at radius 2 is 1.56 bits per heavy atom. The number of carboxylic acids is 1. The Labute approximate surface area is 158 Å². The van der Waals surface area contributed by atoms with Gasteiger partial charge in [0.05, 0.1) is 0 Å². The van der Waals surface area contributed by atoms with Gasteiger partial charge < -0.3 is 10.2 Å². The van der Waals surface area contributed by atoms with Gasteiger partial charge in [-0.25, -0.2) is 9.18 Å². The first-order chi connectivity index (χ1) is 13.0. The molecule has 140 valence electrons. The maximum Gasteiger partial charge on any atom is 0.328 e. The van der Waals surface area contributed by atoms with Gasteiger partial charge in [-0.3, -0.25) is 0 Å². The van der Waals surface area contributed by atoms with Crippen LogP contribution >= 0.6 is 0 Å². The van der Waals surface area contributed by atoms with E-state index in [1.165, 1.54) is 30.6 Å². The largest absolute Gasteiger partial charge is 0.508 e. The van der Waals surface area contributed by atoms with Crippen LogP contribution < -0.4 is 0 Å². The van der Waals surface area contributed by atoms with Gasteiger partial charge in [0.15, 0.2) is 0 Å². The van der Waals surface area contributed by atoms with Crippen molar-refractivity contribution in [3.05, 3.63) is 76.6 Å². The fraction of sp³-hybridized carbons (Fsp3) is 0.261. The number of hydrogen-bond donors (Lipinski definition) is 2. The molecule has 0 saturated heterocycles. The summed E-state index contributed by atoms with van der Waals surface area (Å²) in [7, 11) is 0. The van der Waals surface area contributed by atoms with Crippen LogP contribution in [0, 0.1) is 5.82 Å². The van der Waals surface area contributed by atoms with Crippen LogP contribution in [-0.4, -0.2) is 16.2 Å². The first-order valence-corrected chi connectivity index (χ1v) is 9.27. The lowest BCUT2D eigenvalue weighted by atomic mass is 9.89. The van der Waals surface area contributed by atoms with Crippen molar-refractivity contribution >= 4 is 17.6 Å². The molecule has 27 heavy (non-hydrogen) atoms. The highest BCUT2D eigenvalue weighted by Gasteiger charge is 2.15. The molecule has 0 heterocycles. The zero-order valence-electron chi connectivity index (χ0n) is 15.1. The number of phenolic OH excluding ortho intramolecular Hbond substituents is 1. The SMILES string of the molecule is O=C(O)/C=C/c1ccc(C(=C2CCCCCC2)c2ccc(O)cc2)cc1F. The van der Waals surface area contributed by atoms with Crippen LogP contribution in [0.5, 0.6) is 5.75 Å². The number of phenols is 1. The summed E-state index contributed by atoms with van der Waals surface area (Å²) in [4.78, 5) is 10.7.